The van der Waals surface area contributed by atoms with E-state index in [0.717, 1.165) is 0 Å². The van der Waals surface area contributed by atoms with Gasteiger partial charge >= 0.3 is 5.97 Å². The van der Waals surface area contributed by atoms with Crippen LogP contribution in [0.25, 0.3) is 0 Å². The Labute approximate surface area is 150 Å². The van der Waals surface area contributed by atoms with Crippen molar-refractivity contribution in [3.8, 4) is 11.5 Å². The highest BCUT2D eigenvalue weighted by Gasteiger charge is 2.18. The fourth-order valence-electron chi connectivity index (χ4n) is 2.04. The summed E-state index contributed by atoms with van der Waals surface area (Å²) in [6.45, 7) is 1.56. The van der Waals surface area contributed by atoms with Crippen molar-refractivity contribution in [3.63, 3.8) is 0 Å². The molecule has 0 aromatic heterocycles. The number of ether oxygens (including phenoxy) is 3. The van der Waals surface area contributed by atoms with Crippen LogP contribution < -0.4 is 14.8 Å². The van der Waals surface area contributed by atoms with Gasteiger partial charge in [0.2, 0.25) is 0 Å². The zero-order valence-electron chi connectivity index (χ0n) is 14.5. The van der Waals surface area contributed by atoms with Gasteiger partial charge in [-0.1, -0.05) is 6.07 Å². The third-order valence-electron chi connectivity index (χ3n) is 3.40. The van der Waals surface area contributed by atoms with E-state index in [1.54, 1.807) is 31.4 Å². The number of hydrogen-bond acceptors (Lipinski definition) is 5. The average Bonchev–Trinajstić information content (AvgIpc) is 2.62. The summed E-state index contributed by atoms with van der Waals surface area (Å²) < 4.78 is 28.6. The molecule has 0 heterocycles. The van der Waals surface area contributed by atoms with E-state index in [0.29, 0.717) is 17.2 Å². The highest BCUT2D eigenvalue weighted by molar-refractivity contribution is 5.95. The van der Waals surface area contributed by atoms with E-state index in [2.05, 4.69) is 5.32 Å². The molecule has 6 nitrogen and oxygen atoms in total. The second kappa shape index (κ2) is 9.41. The summed E-state index contributed by atoms with van der Waals surface area (Å²) in [4.78, 5) is 23.8. The first-order valence-electron chi connectivity index (χ1n) is 8.00. The molecule has 0 aliphatic rings. The lowest BCUT2D eigenvalue weighted by Crippen LogP contribution is -2.30. The number of methoxy groups -OCH3 is 1. The van der Waals surface area contributed by atoms with Crippen molar-refractivity contribution in [3.05, 3.63) is 54.3 Å². The first-order valence-corrected chi connectivity index (χ1v) is 8.00. The van der Waals surface area contributed by atoms with Crippen molar-refractivity contribution in [2.45, 2.75) is 19.4 Å². The highest BCUT2D eigenvalue weighted by atomic mass is 19.1. The number of carbonyl (C=O) groups is 2. The molecular weight excluding hydrogens is 341 g/mol. The molecule has 1 N–H and O–H groups in total. The summed E-state index contributed by atoms with van der Waals surface area (Å²) in [6, 6.07) is 12.4. The van der Waals surface area contributed by atoms with Gasteiger partial charge in [-0.05, 0) is 49.4 Å². The van der Waals surface area contributed by atoms with Crippen molar-refractivity contribution < 1.29 is 28.2 Å². The van der Waals surface area contributed by atoms with Gasteiger partial charge in [-0.15, -0.1) is 0 Å². The largest absolute Gasteiger partial charge is 0.497 e. The van der Waals surface area contributed by atoms with E-state index in [-0.39, 0.29) is 13.0 Å². The molecule has 26 heavy (non-hydrogen) atoms. The second-order valence-corrected chi connectivity index (χ2v) is 5.41. The van der Waals surface area contributed by atoms with E-state index in [9.17, 15) is 14.0 Å². The number of carbonyl (C=O) groups excluding carboxylic acids is 2. The lowest BCUT2D eigenvalue weighted by Gasteiger charge is -2.14. The van der Waals surface area contributed by atoms with E-state index < -0.39 is 23.8 Å². The molecule has 0 saturated carbocycles. The maximum atomic E-state index is 13.1. The number of nitrogens with one attached hydrogen (secondary N) is 1. The topological polar surface area (TPSA) is 73.9 Å². The highest BCUT2D eigenvalue weighted by Crippen LogP contribution is 2.17. The first kappa shape index (κ1) is 19.2. The lowest BCUT2D eigenvalue weighted by atomic mass is 10.3. The Kier molecular flexibility index (Phi) is 6.96. The van der Waals surface area contributed by atoms with Crippen molar-refractivity contribution >= 4 is 17.6 Å². The van der Waals surface area contributed by atoms with Crippen LogP contribution in [0, 0.1) is 5.82 Å². The Morgan fingerprint density at radius 1 is 1.12 bits per heavy atom. The van der Waals surface area contributed by atoms with Gasteiger partial charge in [0.05, 0.1) is 20.1 Å². The lowest BCUT2D eigenvalue weighted by molar-refractivity contribution is -0.153. The van der Waals surface area contributed by atoms with Gasteiger partial charge < -0.3 is 19.5 Å². The summed E-state index contributed by atoms with van der Waals surface area (Å²) in [5, 5.41) is 2.48. The van der Waals surface area contributed by atoms with E-state index in [1.165, 1.54) is 31.2 Å². The first-order chi connectivity index (χ1) is 12.5. The van der Waals surface area contributed by atoms with Gasteiger partial charge in [0.1, 0.15) is 17.3 Å². The molecule has 2 aromatic rings. The monoisotopic (exact) mass is 361 g/mol. The fourth-order valence-corrected chi connectivity index (χ4v) is 2.04. The van der Waals surface area contributed by atoms with Crippen LogP contribution in [0.4, 0.5) is 10.1 Å². The molecule has 0 saturated heterocycles. The Morgan fingerprint density at radius 2 is 1.81 bits per heavy atom. The molecule has 1 atom stereocenters. The number of anilines is 1. The van der Waals surface area contributed by atoms with Gasteiger partial charge in [0.15, 0.2) is 6.10 Å². The number of amides is 1. The average molecular weight is 361 g/mol. The van der Waals surface area contributed by atoms with Gasteiger partial charge in [-0.2, -0.15) is 0 Å². The molecule has 7 heteroatoms. The van der Waals surface area contributed by atoms with Crippen molar-refractivity contribution in [1.29, 1.82) is 0 Å². The minimum Gasteiger partial charge on any atom is -0.497 e. The van der Waals surface area contributed by atoms with Gasteiger partial charge in [0.25, 0.3) is 5.91 Å². The maximum Gasteiger partial charge on any atom is 0.310 e. The SMILES string of the molecule is COc1ccc(OCCC(=O)OC(C)C(=O)Nc2cccc(F)c2)cc1. The van der Waals surface area contributed by atoms with Crippen LogP contribution in [0.15, 0.2) is 48.5 Å². The van der Waals surface area contributed by atoms with Crippen LogP contribution in [-0.2, 0) is 14.3 Å². The molecule has 0 aliphatic heterocycles. The zero-order chi connectivity index (χ0) is 18.9. The standard InChI is InChI=1S/C19H20FNO5/c1-13(19(23)21-15-5-3-4-14(20)12-15)26-18(22)10-11-25-17-8-6-16(24-2)7-9-17/h3-9,12-13H,10-11H2,1-2H3,(H,21,23). The van der Waals surface area contributed by atoms with Crippen LogP contribution in [0.2, 0.25) is 0 Å². The Balaban J connectivity index is 1.72. The van der Waals surface area contributed by atoms with E-state index in [4.69, 9.17) is 14.2 Å². The summed E-state index contributed by atoms with van der Waals surface area (Å²) in [7, 11) is 1.57. The minimum atomic E-state index is -1.01. The fraction of sp³-hybridized carbons (Fsp3) is 0.263. The second-order valence-electron chi connectivity index (χ2n) is 5.41. The number of rotatable bonds is 8. The van der Waals surface area contributed by atoms with Crippen molar-refractivity contribution in [2.24, 2.45) is 0 Å². The summed E-state index contributed by atoms with van der Waals surface area (Å²) in [5.41, 5.74) is 0.292. The minimum absolute atomic E-state index is 0.0103. The number of esters is 1. The molecule has 0 aliphatic carbocycles. The predicted molar refractivity (Wildman–Crippen MR) is 93.7 cm³/mol. The van der Waals surface area contributed by atoms with Crippen LogP contribution in [0.3, 0.4) is 0 Å². The molecule has 2 aromatic carbocycles. The normalized spacial score (nSPS) is 11.3. The summed E-state index contributed by atoms with van der Waals surface area (Å²) >= 11 is 0. The smallest absolute Gasteiger partial charge is 0.310 e. The van der Waals surface area contributed by atoms with Gasteiger partial charge in [0, 0.05) is 5.69 Å². The molecule has 0 radical (unpaired) electrons. The molecule has 138 valence electrons. The molecule has 2 rings (SSSR count). The molecule has 0 fully saturated rings. The summed E-state index contributed by atoms with van der Waals surface area (Å²) in [5.74, 6) is -0.283. The molecule has 1 amide bonds. The quantitative estimate of drug-likeness (QED) is 0.731. The number of hydrogen-bond donors (Lipinski definition) is 1. The third kappa shape index (κ3) is 6.08. The van der Waals surface area contributed by atoms with E-state index in [1.807, 2.05) is 0 Å². The third-order valence-corrected chi connectivity index (χ3v) is 3.40. The summed E-state index contributed by atoms with van der Waals surface area (Å²) in [6.07, 6.45) is -1.02. The Bertz CT molecular complexity index is 748. The van der Waals surface area contributed by atoms with Crippen LogP contribution in [0.1, 0.15) is 13.3 Å². The van der Waals surface area contributed by atoms with Gasteiger partial charge in [-0.25, -0.2) is 4.39 Å². The van der Waals surface area contributed by atoms with Crippen LogP contribution >= 0.6 is 0 Å². The zero-order valence-corrected chi connectivity index (χ0v) is 14.5. The van der Waals surface area contributed by atoms with Crippen molar-refractivity contribution in [2.75, 3.05) is 19.0 Å². The predicted octanol–water partition coefficient (Wildman–Crippen LogP) is 3.17. The molecule has 0 bridgehead atoms. The van der Waals surface area contributed by atoms with E-state index >= 15 is 0 Å². The maximum absolute atomic E-state index is 13.1. The molecule has 0 spiro atoms. The molecule has 1 unspecified atom stereocenters. The van der Waals surface area contributed by atoms with Crippen molar-refractivity contribution in [1.82, 2.24) is 0 Å². The Morgan fingerprint density at radius 3 is 2.46 bits per heavy atom. The number of halogens is 1. The van der Waals surface area contributed by atoms with Crippen LogP contribution in [0.5, 0.6) is 11.5 Å². The molecular formula is C19H20FNO5. The van der Waals surface area contributed by atoms with Gasteiger partial charge in [-0.3, -0.25) is 9.59 Å². The number of benzene rings is 2. The Hall–Kier alpha value is -3.09. The van der Waals surface area contributed by atoms with Crippen LogP contribution in [-0.4, -0.2) is 31.7 Å².